The summed E-state index contributed by atoms with van der Waals surface area (Å²) in [5.41, 5.74) is -0.145. The number of ether oxygens (including phenoxy) is 3. The number of nitrogens with one attached hydrogen (secondary N) is 1. The molecule has 5 heteroatoms. The van der Waals surface area contributed by atoms with Crippen LogP contribution in [0.5, 0.6) is 0 Å². The topological polar surface area (TPSA) is 60.0 Å². The zero-order valence-corrected chi connectivity index (χ0v) is 13.2. The molecule has 1 fully saturated rings. The molecule has 0 heterocycles. The summed E-state index contributed by atoms with van der Waals surface area (Å²) < 4.78 is 16.2. The van der Waals surface area contributed by atoms with Gasteiger partial charge >= 0.3 is 0 Å². The molecular formula is C15H31NO4. The fourth-order valence-electron chi connectivity index (χ4n) is 2.81. The van der Waals surface area contributed by atoms with E-state index in [-0.39, 0.29) is 18.2 Å². The first-order valence-corrected chi connectivity index (χ1v) is 7.69. The predicted molar refractivity (Wildman–Crippen MR) is 79.0 cm³/mol. The Balaban J connectivity index is 2.11. The van der Waals surface area contributed by atoms with Crippen LogP contribution in [0.3, 0.4) is 0 Å². The van der Waals surface area contributed by atoms with Gasteiger partial charge in [0, 0.05) is 31.9 Å². The minimum atomic E-state index is -0.145. The lowest BCUT2D eigenvalue weighted by Gasteiger charge is -2.31. The SMILES string of the molecule is COCCOCCCOC1CCC(CO)(NC(C)C)C1. The lowest BCUT2D eigenvalue weighted by molar-refractivity contribution is 0.0205. The fourth-order valence-corrected chi connectivity index (χ4v) is 2.81. The van der Waals surface area contributed by atoms with Gasteiger partial charge in [-0.3, -0.25) is 0 Å². The molecule has 120 valence electrons. The molecule has 0 amide bonds. The number of rotatable bonds is 11. The van der Waals surface area contributed by atoms with Crippen LogP contribution in [0.2, 0.25) is 0 Å². The van der Waals surface area contributed by atoms with E-state index in [1.165, 1.54) is 0 Å². The zero-order chi connectivity index (χ0) is 14.8. The highest BCUT2D eigenvalue weighted by atomic mass is 16.5. The average molecular weight is 289 g/mol. The molecule has 0 bridgehead atoms. The third kappa shape index (κ3) is 6.50. The van der Waals surface area contributed by atoms with Gasteiger partial charge < -0.3 is 24.6 Å². The van der Waals surface area contributed by atoms with Gasteiger partial charge in [0.15, 0.2) is 0 Å². The van der Waals surface area contributed by atoms with Gasteiger partial charge in [0.2, 0.25) is 0 Å². The normalized spacial score (nSPS) is 26.6. The molecular weight excluding hydrogens is 258 g/mol. The van der Waals surface area contributed by atoms with Crippen molar-refractivity contribution in [3.05, 3.63) is 0 Å². The maximum Gasteiger partial charge on any atom is 0.0700 e. The Labute approximate surface area is 123 Å². The van der Waals surface area contributed by atoms with E-state index in [1.807, 2.05) is 0 Å². The molecule has 0 aromatic carbocycles. The van der Waals surface area contributed by atoms with Gasteiger partial charge in [0.1, 0.15) is 0 Å². The first kappa shape index (κ1) is 17.9. The summed E-state index contributed by atoms with van der Waals surface area (Å²) in [4.78, 5) is 0. The third-order valence-electron chi connectivity index (χ3n) is 3.68. The second kappa shape index (κ2) is 9.68. The number of methoxy groups -OCH3 is 1. The Morgan fingerprint density at radius 1 is 1.25 bits per heavy atom. The quantitative estimate of drug-likeness (QED) is 0.562. The van der Waals surface area contributed by atoms with Crippen LogP contribution in [-0.4, -0.2) is 62.9 Å². The number of aliphatic hydroxyl groups is 1. The van der Waals surface area contributed by atoms with Crippen molar-refractivity contribution in [1.82, 2.24) is 5.32 Å². The van der Waals surface area contributed by atoms with E-state index in [9.17, 15) is 5.11 Å². The molecule has 2 unspecified atom stereocenters. The van der Waals surface area contributed by atoms with Crippen molar-refractivity contribution in [3.8, 4) is 0 Å². The third-order valence-corrected chi connectivity index (χ3v) is 3.68. The first-order valence-electron chi connectivity index (χ1n) is 7.69. The molecule has 2 atom stereocenters. The second-order valence-electron chi connectivity index (χ2n) is 5.93. The van der Waals surface area contributed by atoms with Crippen LogP contribution >= 0.6 is 0 Å². The molecule has 0 aromatic heterocycles. The lowest BCUT2D eigenvalue weighted by atomic mass is 9.97. The molecule has 1 aliphatic rings. The summed E-state index contributed by atoms with van der Waals surface area (Å²) in [5.74, 6) is 0. The van der Waals surface area contributed by atoms with E-state index in [4.69, 9.17) is 14.2 Å². The van der Waals surface area contributed by atoms with Gasteiger partial charge in [-0.25, -0.2) is 0 Å². The largest absolute Gasteiger partial charge is 0.394 e. The zero-order valence-electron chi connectivity index (χ0n) is 13.2. The van der Waals surface area contributed by atoms with Crippen LogP contribution in [0.4, 0.5) is 0 Å². The first-order chi connectivity index (χ1) is 9.62. The van der Waals surface area contributed by atoms with Crippen molar-refractivity contribution in [2.24, 2.45) is 0 Å². The lowest BCUT2D eigenvalue weighted by Crippen LogP contribution is -2.50. The van der Waals surface area contributed by atoms with Crippen molar-refractivity contribution >= 4 is 0 Å². The van der Waals surface area contributed by atoms with E-state index in [1.54, 1.807) is 7.11 Å². The van der Waals surface area contributed by atoms with Crippen LogP contribution < -0.4 is 5.32 Å². The van der Waals surface area contributed by atoms with Gasteiger partial charge in [-0.1, -0.05) is 13.8 Å². The Morgan fingerprint density at radius 3 is 2.70 bits per heavy atom. The maximum absolute atomic E-state index is 9.63. The molecule has 0 aliphatic heterocycles. The molecule has 2 N–H and O–H groups in total. The highest BCUT2D eigenvalue weighted by Gasteiger charge is 2.39. The monoisotopic (exact) mass is 289 g/mol. The molecule has 0 radical (unpaired) electrons. The van der Waals surface area contributed by atoms with E-state index in [0.717, 1.165) is 32.3 Å². The maximum atomic E-state index is 9.63. The van der Waals surface area contributed by atoms with Crippen LogP contribution in [0, 0.1) is 0 Å². The van der Waals surface area contributed by atoms with Crippen molar-refractivity contribution in [3.63, 3.8) is 0 Å². The van der Waals surface area contributed by atoms with Crippen molar-refractivity contribution in [2.75, 3.05) is 40.1 Å². The van der Waals surface area contributed by atoms with Crippen LogP contribution in [-0.2, 0) is 14.2 Å². The summed E-state index contributed by atoms with van der Waals surface area (Å²) in [6.45, 7) is 7.14. The van der Waals surface area contributed by atoms with Gasteiger partial charge in [0.25, 0.3) is 0 Å². The Morgan fingerprint density at radius 2 is 2.05 bits per heavy atom. The summed E-state index contributed by atoms with van der Waals surface area (Å²) in [7, 11) is 1.67. The fraction of sp³-hybridized carbons (Fsp3) is 1.00. The van der Waals surface area contributed by atoms with E-state index < -0.39 is 0 Å². The predicted octanol–water partition coefficient (Wildman–Crippen LogP) is 1.34. The van der Waals surface area contributed by atoms with Gasteiger partial charge in [-0.05, 0) is 25.7 Å². The van der Waals surface area contributed by atoms with Crippen LogP contribution in [0.15, 0.2) is 0 Å². The average Bonchev–Trinajstić information content (AvgIpc) is 2.81. The van der Waals surface area contributed by atoms with Crippen LogP contribution in [0.25, 0.3) is 0 Å². The van der Waals surface area contributed by atoms with Gasteiger partial charge in [0.05, 0.1) is 25.9 Å². The van der Waals surface area contributed by atoms with Crippen molar-refractivity contribution in [2.45, 2.75) is 57.2 Å². The molecule has 1 aliphatic carbocycles. The molecule has 0 saturated heterocycles. The highest BCUT2D eigenvalue weighted by Crippen LogP contribution is 2.32. The standard InChI is InChI=1S/C15H31NO4/c1-13(2)16-15(12-17)6-5-14(11-15)20-8-4-7-19-10-9-18-3/h13-14,16-17H,4-12H2,1-3H3. The van der Waals surface area contributed by atoms with E-state index in [2.05, 4.69) is 19.2 Å². The van der Waals surface area contributed by atoms with Crippen molar-refractivity contribution in [1.29, 1.82) is 0 Å². The van der Waals surface area contributed by atoms with E-state index >= 15 is 0 Å². The van der Waals surface area contributed by atoms with E-state index in [0.29, 0.717) is 25.9 Å². The van der Waals surface area contributed by atoms with Crippen molar-refractivity contribution < 1.29 is 19.3 Å². The minimum Gasteiger partial charge on any atom is -0.394 e. The molecule has 1 saturated carbocycles. The molecule has 5 nitrogen and oxygen atoms in total. The Kier molecular flexibility index (Phi) is 8.64. The number of hydrogen-bond acceptors (Lipinski definition) is 5. The smallest absolute Gasteiger partial charge is 0.0700 e. The minimum absolute atomic E-state index is 0.145. The molecule has 1 rings (SSSR count). The highest BCUT2D eigenvalue weighted by molar-refractivity contribution is 4.97. The Bertz CT molecular complexity index is 250. The summed E-state index contributed by atoms with van der Waals surface area (Å²) in [5, 5.41) is 13.1. The molecule has 0 spiro atoms. The number of aliphatic hydroxyl groups excluding tert-OH is 1. The summed E-state index contributed by atoms with van der Waals surface area (Å²) >= 11 is 0. The van der Waals surface area contributed by atoms with Crippen LogP contribution in [0.1, 0.15) is 39.5 Å². The summed E-state index contributed by atoms with van der Waals surface area (Å²) in [6, 6.07) is 0.384. The second-order valence-corrected chi connectivity index (χ2v) is 5.93. The van der Waals surface area contributed by atoms with Gasteiger partial charge in [-0.15, -0.1) is 0 Å². The number of hydrogen-bond donors (Lipinski definition) is 2. The van der Waals surface area contributed by atoms with Gasteiger partial charge in [-0.2, -0.15) is 0 Å². The molecule has 20 heavy (non-hydrogen) atoms. The Hall–Kier alpha value is -0.200. The summed E-state index contributed by atoms with van der Waals surface area (Å²) in [6.07, 6.45) is 4.06. The molecule has 0 aromatic rings.